The highest BCUT2D eigenvalue weighted by Gasteiger charge is 2.15. The molecule has 10 heteroatoms. The molecule has 1 heterocycles. The van der Waals surface area contributed by atoms with Crippen LogP contribution in [0.25, 0.3) is 10.2 Å². The van der Waals surface area contributed by atoms with Crippen LogP contribution in [0.15, 0.2) is 30.3 Å². The summed E-state index contributed by atoms with van der Waals surface area (Å²) in [4.78, 5) is 16.7. The molecule has 0 saturated carbocycles. The number of anilines is 1. The fourth-order valence-electron chi connectivity index (χ4n) is 2.14. The monoisotopic (exact) mass is 445 g/mol. The summed E-state index contributed by atoms with van der Waals surface area (Å²) in [6.45, 7) is 0. The zero-order chi connectivity index (χ0) is 18.8. The van der Waals surface area contributed by atoms with Crippen molar-refractivity contribution in [2.75, 3.05) is 12.4 Å². The van der Waals surface area contributed by atoms with E-state index in [0.717, 1.165) is 10.2 Å². The first-order valence-corrected chi connectivity index (χ1v) is 9.44. The Morgan fingerprint density at radius 3 is 2.54 bits per heavy atom. The van der Waals surface area contributed by atoms with Crippen LogP contribution in [0.1, 0.15) is 10.4 Å². The summed E-state index contributed by atoms with van der Waals surface area (Å²) >= 11 is 24.6. The number of fused-ring (bicyclic) bond motifs is 1. The Balaban J connectivity index is 1.71. The molecule has 2 N–H and O–H groups in total. The molecule has 0 spiro atoms. The molecular formula is C16H10Cl3N3O2S2. The number of methoxy groups -OCH3 is 1. The fourth-order valence-corrected chi connectivity index (χ4v) is 4.18. The zero-order valence-electron chi connectivity index (χ0n) is 13.1. The summed E-state index contributed by atoms with van der Waals surface area (Å²) in [6, 6.07) is 8.27. The molecule has 0 aliphatic carbocycles. The number of nitrogens with zero attached hydrogens (tertiary/aromatic N) is 1. The van der Waals surface area contributed by atoms with Gasteiger partial charge in [0.1, 0.15) is 0 Å². The zero-order valence-corrected chi connectivity index (χ0v) is 17.0. The smallest absolute Gasteiger partial charge is 0.257 e. The number of thiocarbonyl (C=S) groups is 1. The Hall–Kier alpha value is -1.64. The molecule has 0 aliphatic rings. The average molecular weight is 447 g/mol. The van der Waals surface area contributed by atoms with Crippen molar-refractivity contribution in [1.29, 1.82) is 0 Å². The van der Waals surface area contributed by atoms with Crippen LogP contribution in [0.4, 0.5) is 5.13 Å². The minimum atomic E-state index is -0.460. The molecule has 0 saturated heterocycles. The lowest BCUT2D eigenvalue weighted by atomic mass is 10.2. The third-order valence-corrected chi connectivity index (χ3v) is 5.20. The second-order valence-corrected chi connectivity index (χ2v) is 7.70. The summed E-state index contributed by atoms with van der Waals surface area (Å²) in [7, 11) is 1.44. The predicted octanol–water partition coefficient (Wildman–Crippen LogP) is 5.39. The van der Waals surface area contributed by atoms with E-state index in [1.54, 1.807) is 6.07 Å². The maximum atomic E-state index is 12.3. The van der Waals surface area contributed by atoms with E-state index < -0.39 is 5.91 Å². The van der Waals surface area contributed by atoms with Gasteiger partial charge in [-0.2, -0.15) is 0 Å². The van der Waals surface area contributed by atoms with Crippen molar-refractivity contribution >= 4 is 84.7 Å². The number of carbonyl (C=O) groups is 1. The van der Waals surface area contributed by atoms with Crippen LogP contribution in [0.2, 0.25) is 15.1 Å². The Morgan fingerprint density at radius 1 is 1.19 bits per heavy atom. The molecule has 0 aliphatic heterocycles. The van der Waals surface area contributed by atoms with Crippen LogP contribution in [0.5, 0.6) is 5.75 Å². The van der Waals surface area contributed by atoms with Gasteiger partial charge in [-0.1, -0.05) is 46.1 Å². The van der Waals surface area contributed by atoms with Gasteiger partial charge in [-0.05, 0) is 42.5 Å². The van der Waals surface area contributed by atoms with Crippen LogP contribution in [0.3, 0.4) is 0 Å². The molecule has 0 radical (unpaired) electrons. The van der Waals surface area contributed by atoms with Crippen molar-refractivity contribution in [1.82, 2.24) is 10.3 Å². The Labute approximate surface area is 173 Å². The number of rotatable bonds is 3. The third-order valence-electron chi connectivity index (χ3n) is 3.26. The molecule has 0 unspecified atom stereocenters. The molecule has 5 nitrogen and oxygen atoms in total. The fraction of sp³-hybridized carbons (Fsp3) is 0.0625. The molecule has 0 bridgehead atoms. The average Bonchev–Trinajstić information content (AvgIpc) is 2.95. The summed E-state index contributed by atoms with van der Waals surface area (Å²) < 4.78 is 5.96. The SMILES string of the molecule is COc1c(Cl)cc(C(=O)NC(=S)Nc2nc3ccc(Cl)cc3s2)cc1Cl. The quantitative estimate of drug-likeness (QED) is 0.528. The van der Waals surface area contributed by atoms with E-state index in [4.69, 9.17) is 51.8 Å². The van der Waals surface area contributed by atoms with Crippen LogP contribution in [-0.2, 0) is 0 Å². The molecule has 0 atom stereocenters. The molecular weight excluding hydrogens is 437 g/mol. The van der Waals surface area contributed by atoms with E-state index >= 15 is 0 Å². The maximum absolute atomic E-state index is 12.3. The lowest BCUT2D eigenvalue weighted by molar-refractivity contribution is 0.0977. The van der Waals surface area contributed by atoms with E-state index in [2.05, 4.69) is 15.6 Å². The highest BCUT2D eigenvalue weighted by Crippen LogP contribution is 2.33. The lowest BCUT2D eigenvalue weighted by Crippen LogP contribution is -2.34. The maximum Gasteiger partial charge on any atom is 0.257 e. The van der Waals surface area contributed by atoms with Crippen molar-refractivity contribution in [3.8, 4) is 5.75 Å². The Kier molecular flexibility index (Phi) is 5.84. The van der Waals surface area contributed by atoms with E-state index in [1.807, 2.05) is 12.1 Å². The number of aromatic nitrogens is 1. The topological polar surface area (TPSA) is 63.2 Å². The lowest BCUT2D eigenvalue weighted by Gasteiger charge is -2.10. The highest BCUT2D eigenvalue weighted by molar-refractivity contribution is 7.80. The first-order valence-electron chi connectivity index (χ1n) is 7.09. The first kappa shape index (κ1) is 19.1. The standard InChI is InChI=1S/C16H10Cl3N3O2S2/c1-24-13-9(18)4-7(5-10(13)19)14(23)21-15(25)22-16-20-11-3-2-8(17)6-12(11)26-16/h2-6H,1H3,(H2,20,21,22,23,25). The van der Waals surface area contributed by atoms with Crippen LogP contribution >= 0.6 is 58.4 Å². The highest BCUT2D eigenvalue weighted by atomic mass is 35.5. The minimum Gasteiger partial charge on any atom is -0.494 e. The molecule has 134 valence electrons. The van der Waals surface area contributed by atoms with E-state index in [0.29, 0.717) is 15.9 Å². The minimum absolute atomic E-state index is 0.100. The Morgan fingerprint density at radius 2 is 1.88 bits per heavy atom. The van der Waals surface area contributed by atoms with Gasteiger partial charge in [-0.25, -0.2) is 4.98 Å². The summed E-state index contributed by atoms with van der Waals surface area (Å²) in [6.07, 6.45) is 0. The number of thiazole rings is 1. The van der Waals surface area contributed by atoms with Gasteiger partial charge in [-0.3, -0.25) is 10.1 Å². The number of hydrogen-bond acceptors (Lipinski definition) is 5. The molecule has 2 aromatic carbocycles. The van der Waals surface area contributed by atoms with Crippen LogP contribution in [-0.4, -0.2) is 23.1 Å². The number of carbonyl (C=O) groups excluding carboxylic acids is 1. The van der Waals surface area contributed by atoms with Gasteiger partial charge in [0.2, 0.25) is 0 Å². The summed E-state index contributed by atoms with van der Waals surface area (Å²) in [5, 5.41) is 7.15. The summed E-state index contributed by atoms with van der Waals surface area (Å²) in [5.74, 6) is -0.156. The van der Waals surface area contributed by atoms with Gasteiger partial charge in [0, 0.05) is 10.6 Å². The third kappa shape index (κ3) is 4.19. The van der Waals surface area contributed by atoms with E-state index in [9.17, 15) is 4.79 Å². The molecule has 3 rings (SSSR count). The number of halogens is 3. The number of nitrogens with one attached hydrogen (secondary N) is 2. The second-order valence-electron chi connectivity index (χ2n) is 5.01. The van der Waals surface area contributed by atoms with Gasteiger partial charge >= 0.3 is 0 Å². The van der Waals surface area contributed by atoms with E-state index in [1.165, 1.54) is 30.6 Å². The van der Waals surface area contributed by atoms with Crippen LogP contribution in [0, 0.1) is 0 Å². The van der Waals surface area contributed by atoms with Gasteiger partial charge in [0.05, 0.1) is 27.4 Å². The van der Waals surface area contributed by atoms with Crippen molar-refractivity contribution in [2.45, 2.75) is 0 Å². The van der Waals surface area contributed by atoms with Crippen molar-refractivity contribution in [3.63, 3.8) is 0 Å². The van der Waals surface area contributed by atoms with Gasteiger partial charge in [-0.15, -0.1) is 0 Å². The number of ether oxygens (including phenoxy) is 1. The Bertz CT molecular complexity index is 1000. The number of hydrogen-bond donors (Lipinski definition) is 2. The van der Waals surface area contributed by atoms with Gasteiger partial charge in [0.25, 0.3) is 5.91 Å². The van der Waals surface area contributed by atoms with Crippen molar-refractivity contribution < 1.29 is 9.53 Å². The van der Waals surface area contributed by atoms with Crippen molar-refractivity contribution in [2.24, 2.45) is 0 Å². The number of benzene rings is 2. The van der Waals surface area contributed by atoms with E-state index in [-0.39, 0.29) is 20.7 Å². The van der Waals surface area contributed by atoms with Crippen LogP contribution < -0.4 is 15.4 Å². The van der Waals surface area contributed by atoms with Gasteiger partial charge < -0.3 is 10.1 Å². The summed E-state index contributed by atoms with van der Waals surface area (Å²) in [5.41, 5.74) is 1.03. The normalized spacial score (nSPS) is 10.6. The second kappa shape index (κ2) is 7.94. The van der Waals surface area contributed by atoms with Gasteiger partial charge in [0.15, 0.2) is 16.0 Å². The first-order chi connectivity index (χ1) is 12.4. The molecule has 1 aromatic heterocycles. The molecule has 3 aromatic rings. The number of amides is 1. The molecule has 1 amide bonds. The molecule has 0 fully saturated rings. The predicted molar refractivity (Wildman–Crippen MR) is 111 cm³/mol. The largest absolute Gasteiger partial charge is 0.494 e. The molecule has 26 heavy (non-hydrogen) atoms. The van der Waals surface area contributed by atoms with Crippen molar-refractivity contribution in [3.05, 3.63) is 51.0 Å².